The molecular formula is C16H18FN3O4S. The number of halogens is 1. The molecule has 1 aliphatic carbocycles. The van der Waals surface area contributed by atoms with E-state index < -0.39 is 22.4 Å². The van der Waals surface area contributed by atoms with Gasteiger partial charge in [0.25, 0.3) is 10.9 Å². The molecule has 0 spiro atoms. The lowest BCUT2D eigenvalue weighted by Gasteiger charge is -2.39. The van der Waals surface area contributed by atoms with Crippen molar-refractivity contribution in [3.8, 4) is 0 Å². The van der Waals surface area contributed by atoms with Crippen molar-refractivity contribution in [3.05, 3.63) is 39.7 Å². The van der Waals surface area contributed by atoms with Gasteiger partial charge in [-0.25, -0.2) is 14.2 Å². The molecule has 1 amide bonds. The van der Waals surface area contributed by atoms with Crippen molar-refractivity contribution in [2.24, 2.45) is 16.6 Å². The molecule has 1 aliphatic heterocycles. The Labute approximate surface area is 148 Å². The molecule has 7 nitrogen and oxygen atoms in total. The molecule has 1 aromatic rings. The first-order chi connectivity index (χ1) is 11.9. The Morgan fingerprint density at radius 3 is 2.96 bits per heavy atom. The van der Waals surface area contributed by atoms with Gasteiger partial charge < -0.3 is 10.5 Å². The van der Waals surface area contributed by atoms with E-state index in [9.17, 15) is 19.3 Å². The maximum atomic E-state index is 14.7. The lowest BCUT2D eigenvalue weighted by atomic mass is 9.75. The smallest absolute Gasteiger partial charge is 0.385 e. The summed E-state index contributed by atoms with van der Waals surface area (Å²) in [6, 6.07) is 3.51. The minimum absolute atomic E-state index is 0.0109. The second-order valence-electron chi connectivity index (χ2n) is 6.25. The molecule has 2 aliphatic rings. The van der Waals surface area contributed by atoms with Gasteiger partial charge in [-0.2, -0.15) is 0 Å². The van der Waals surface area contributed by atoms with E-state index in [1.807, 2.05) is 0 Å². The van der Waals surface area contributed by atoms with E-state index in [0.29, 0.717) is 12.2 Å². The van der Waals surface area contributed by atoms with Crippen molar-refractivity contribution in [1.29, 1.82) is 0 Å². The molecule has 1 saturated carbocycles. The largest absolute Gasteiger partial charge is 0.411 e. The van der Waals surface area contributed by atoms with E-state index in [2.05, 4.69) is 4.99 Å². The minimum Gasteiger partial charge on any atom is -0.385 e. The van der Waals surface area contributed by atoms with Crippen molar-refractivity contribution < 1.29 is 18.8 Å². The Morgan fingerprint density at radius 1 is 1.44 bits per heavy atom. The van der Waals surface area contributed by atoms with Crippen molar-refractivity contribution in [1.82, 2.24) is 0 Å². The van der Waals surface area contributed by atoms with Crippen molar-refractivity contribution in [2.45, 2.75) is 37.6 Å². The Hall–Kier alpha value is -2.16. The van der Waals surface area contributed by atoms with Gasteiger partial charge >= 0.3 is 6.09 Å². The van der Waals surface area contributed by atoms with Gasteiger partial charge in [-0.15, -0.1) is 0 Å². The van der Waals surface area contributed by atoms with E-state index in [1.54, 1.807) is 0 Å². The third kappa shape index (κ3) is 3.46. The van der Waals surface area contributed by atoms with Crippen LogP contribution in [0.3, 0.4) is 0 Å². The van der Waals surface area contributed by atoms with Gasteiger partial charge in [-0.1, -0.05) is 31.0 Å². The number of rotatable bonds is 2. The van der Waals surface area contributed by atoms with E-state index in [4.69, 9.17) is 10.5 Å². The molecule has 0 aromatic heterocycles. The Kier molecular flexibility index (Phi) is 4.94. The summed E-state index contributed by atoms with van der Waals surface area (Å²) < 4.78 is 19.6. The molecule has 0 radical (unpaired) electrons. The zero-order chi connectivity index (χ0) is 18.0. The van der Waals surface area contributed by atoms with Crippen LogP contribution in [0.1, 0.15) is 37.7 Å². The first-order valence-electron chi connectivity index (χ1n) is 8.07. The molecule has 0 bridgehead atoms. The van der Waals surface area contributed by atoms with E-state index >= 15 is 0 Å². The number of carbonyl (C=O) groups is 1. The number of ether oxygens (including phenoxy) is 1. The second-order valence-corrected chi connectivity index (χ2v) is 7.22. The van der Waals surface area contributed by atoms with Gasteiger partial charge in [0.15, 0.2) is 0 Å². The predicted octanol–water partition coefficient (Wildman–Crippen LogP) is 3.71. The van der Waals surface area contributed by atoms with Gasteiger partial charge in [-0.05, 0) is 24.8 Å². The van der Waals surface area contributed by atoms with E-state index in [0.717, 1.165) is 37.8 Å². The summed E-state index contributed by atoms with van der Waals surface area (Å²) in [6.45, 7) is 0. The van der Waals surface area contributed by atoms with Crippen LogP contribution in [0.2, 0.25) is 0 Å². The van der Waals surface area contributed by atoms with Crippen LogP contribution in [0.4, 0.5) is 14.9 Å². The van der Waals surface area contributed by atoms with Crippen molar-refractivity contribution in [3.63, 3.8) is 0 Å². The third-order valence-corrected chi connectivity index (χ3v) is 5.79. The fourth-order valence-corrected chi connectivity index (χ4v) is 4.81. The van der Waals surface area contributed by atoms with Gasteiger partial charge in [0.2, 0.25) is 0 Å². The number of nitrogens with two attached hydrogens (primary N) is 1. The Morgan fingerprint density at radius 2 is 2.24 bits per heavy atom. The number of non-ortho nitro benzene ring substituents is 1. The Balaban J connectivity index is 2.15. The van der Waals surface area contributed by atoms with Crippen LogP contribution in [0.5, 0.6) is 0 Å². The van der Waals surface area contributed by atoms with Crippen LogP contribution < -0.4 is 5.73 Å². The average Bonchev–Trinajstić information content (AvgIpc) is 2.77. The fourth-order valence-electron chi connectivity index (χ4n) is 3.65. The highest BCUT2D eigenvalue weighted by Crippen LogP contribution is 2.49. The normalized spacial score (nSPS) is 26.1. The molecule has 134 valence electrons. The number of benzene rings is 1. The number of nitrogens with zero attached hydrogens (tertiary/aromatic N) is 2. The lowest BCUT2D eigenvalue weighted by Crippen LogP contribution is -2.40. The number of hydrogen-bond acceptors (Lipinski definition) is 6. The third-order valence-electron chi connectivity index (χ3n) is 4.80. The zero-order valence-corrected chi connectivity index (χ0v) is 14.3. The monoisotopic (exact) mass is 367 g/mol. The minimum atomic E-state index is -0.979. The first-order valence-corrected chi connectivity index (χ1v) is 9.05. The summed E-state index contributed by atoms with van der Waals surface area (Å²) in [5, 5.41) is 11.2. The highest BCUT2D eigenvalue weighted by atomic mass is 32.2. The Bertz CT molecular complexity index is 742. The fraction of sp³-hybridized carbons (Fsp3) is 0.500. The lowest BCUT2D eigenvalue weighted by molar-refractivity contribution is -0.385. The number of aliphatic imine (C=N–C) groups is 1. The number of nitro groups is 1. The number of primary amides is 1. The summed E-state index contributed by atoms with van der Waals surface area (Å²) >= 11 is 1.27. The van der Waals surface area contributed by atoms with Crippen LogP contribution in [0, 0.1) is 21.8 Å². The summed E-state index contributed by atoms with van der Waals surface area (Å²) in [7, 11) is 0. The molecule has 0 unspecified atom stereocenters. The first kappa shape index (κ1) is 17.7. The van der Waals surface area contributed by atoms with E-state index in [1.165, 1.54) is 17.8 Å². The molecule has 2 N–H and O–H groups in total. The van der Waals surface area contributed by atoms with Crippen LogP contribution in [0.25, 0.3) is 0 Å². The molecule has 1 heterocycles. The molecular weight excluding hydrogens is 349 g/mol. The van der Waals surface area contributed by atoms with Crippen LogP contribution in [0.15, 0.2) is 23.2 Å². The predicted molar refractivity (Wildman–Crippen MR) is 91.9 cm³/mol. The van der Waals surface area contributed by atoms with Gasteiger partial charge in [0.1, 0.15) is 5.82 Å². The topological polar surface area (TPSA) is 108 Å². The zero-order valence-electron chi connectivity index (χ0n) is 13.4. The van der Waals surface area contributed by atoms with Crippen LogP contribution in [-0.2, 0) is 10.3 Å². The number of hydrogen-bond donors (Lipinski definition) is 1. The molecule has 25 heavy (non-hydrogen) atoms. The molecule has 1 fully saturated rings. The summed E-state index contributed by atoms with van der Waals surface area (Å²) in [4.78, 5) is 26.2. The standard InChI is InChI=1S/C16H18FN3O4S/c17-13-6-5-11(20(22)23)8-12(13)16-7-3-1-2-4-10(16)9-25-15(19-16)24-14(18)21/h5-6,8,10H,1-4,7,9H2,(H2,18,21)/t10-,16-/m0/s1. The molecule has 0 saturated heterocycles. The summed E-state index contributed by atoms with van der Waals surface area (Å²) in [5.74, 6) is 0.0668. The number of thioether (sulfide) groups is 1. The highest BCUT2D eigenvalue weighted by molar-refractivity contribution is 8.13. The van der Waals surface area contributed by atoms with Crippen molar-refractivity contribution >= 4 is 28.8 Å². The number of nitro benzene ring substituents is 1. The van der Waals surface area contributed by atoms with Crippen molar-refractivity contribution in [2.75, 3.05) is 5.75 Å². The van der Waals surface area contributed by atoms with Crippen LogP contribution >= 0.6 is 11.8 Å². The molecule has 3 rings (SSSR count). The average molecular weight is 367 g/mol. The van der Waals surface area contributed by atoms with Crippen LogP contribution in [-0.4, -0.2) is 22.0 Å². The maximum Gasteiger partial charge on any atom is 0.411 e. The summed E-state index contributed by atoms with van der Waals surface area (Å²) in [6.07, 6.45) is 3.20. The number of carbonyl (C=O) groups excluding carboxylic acids is 1. The maximum absolute atomic E-state index is 14.7. The molecule has 1 aromatic carbocycles. The SMILES string of the molecule is NC(=O)OC1=N[C@@]2(c3cc([N+](=O)[O-])ccc3F)CCCCC[C@H]2CS1. The number of fused-ring (bicyclic) bond motifs is 1. The van der Waals surface area contributed by atoms with E-state index in [-0.39, 0.29) is 22.4 Å². The van der Waals surface area contributed by atoms with Gasteiger partial charge in [0, 0.05) is 23.4 Å². The quantitative estimate of drug-likeness (QED) is 0.633. The van der Waals surface area contributed by atoms with Gasteiger partial charge in [-0.3, -0.25) is 10.1 Å². The highest BCUT2D eigenvalue weighted by Gasteiger charge is 2.46. The number of amides is 1. The molecule has 2 atom stereocenters. The second kappa shape index (κ2) is 6.99. The summed E-state index contributed by atoms with van der Waals surface area (Å²) in [5.41, 5.74) is 4.12. The van der Waals surface area contributed by atoms with Gasteiger partial charge in [0.05, 0.1) is 10.5 Å². The molecule has 9 heteroatoms.